The minimum atomic E-state index is -0.517. The van der Waals surface area contributed by atoms with Gasteiger partial charge in [0.1, 0.15) is 0 Å². The first-order chi connectivity index (χ1) is 15.0. The zero-order valence-corrected chi connectivity index (χ0v) is 18.7. The van der Waals surface area contributed by atoms with Gasteiger partial charge in [-0.3, -0.25) is 4.79 Å². The van der Waals surface area contributed by atoms with Gasteiger partial charge in [0.15, 0.2) is 5.13 Å². The zero-order chi connectivity index (χ0) is 21.3. The Kier molecular flexibility index (Phi) is 3.94. The molecule has 3 aromatic carbocycles. The molecule has 3 nitrogen and oxygen atoms in total. The monoisotopic (exact) mass is 424 g/mol. The first-order valence-electron chi connectivity index (χ1n) is 10.8. The topological polar surface area (TPSA) is 42.0 Å². The van der Waals surface area contributed by atoms with E-state index in [9.17, 15) is 4.79 Å². The Morgan fingerprint density at radius 1 is 0.968 bits per heavy atom. The Bertz CT molecular complexity index is 1280. The second-order valence-corrected chi connectivity index (χ2v) is 10.3. The molecule has 4 aromatic rings. The summed E-state index contributed by atoms with van der Waals surface area (Å²) in [4.78, 5) is 18.5. The van der Waals surface area contributed by atoms with Crippen molar-refractivity contribution < 1.29 is 4.79 Å². The molecule has 0 saturated carbocycles. The number of carbonyl (C=O) groups excluding carboxylic acids is 1. The van der Waals surface area contributed by atoms with Crippen LogP contribution in [0.3, 0.4) is 0 Å². The van der Waals surface area contributed by atoms with Crippen molar-refractivity contribution in [2.24, 2.45) is 5.41 Å². The van der Waals surface area contributed by atoms with E-state index in [4.69, 9.17) is 4.98 Å². The number of anilines is 1. The van der Waals surface area contributed by atoms with Crippen LogP contribution in [0.5, 0.6) is 0 Å². The third kappa shape index (κ3) is 2.64. The van der Waals surface area contributed by atoms with Gasteiger partial charge in [0.25, 0.3) is 0 Å². The van der Waals surface area contributed by atoms with Crippen LogP contribution in [0.25, 0.3) is 10.2 Å². The van der Waals surface area contributed by atoms with Crippen molar-refractivity contribution >= 4 is 32.6 Å². The molecule has 154 valence electrons. The molecule has 31 heavy (non-hydrogen) atoms. The standard InChI is InChI=1S/C27H24N2OS/c1-15-12-22-23(13-16(15)2)31-26(28-22)29-25(30)27(3)14-21-17-8-4-6-10-19(17)24(27)20-11-7-5-9-18(20)21/h4-13,21,24H,14H2,1-3H3,(H,28,29,30). The van der Waals surface area contributed by atoms with Crippen LogP contribution < -0.4 is 5.32 Å². The molecule has 3 aliphatic rings. The lowest BCUT2D eigenvalue weighted by Gasteiger charge is -2.50. The molecule has 4 heteroatoms. The maximum absolute atomic E-state index is 13.8. The lowest BCUT2D eigenvalue weighted by atomic mass is 9.52. The van der Waals surface area contributed by atoms with Crippen LogP contribution in [0, 0.1) is 19.3 Å². The zero-order valence-electron chi connectivity index (χ0n) is 17.9. The molecule has 1 heterocycles. The van der Waals surface area contributed by atoms with Crippen molar-refractivity contribution in [1.82, 2.24) is 4.98 Å². The highest BCUT2D eigenvalue weighted by atomic mass is 32.1. The fraction of sp³-hybridized carbons (Fsp3) is 0.259. The Labute approximate surface area is 186 Å². The van der Waals surface area contributed by atoms with E-state index in [1.54, 1.807) is 11.3 Å². The smallest absolute Gasteiger partial charge is 0.233 e. The molecule has 0 fully saturated rings. The average molecular weight is 425 g/mol. The number of nitrogens with zero attached hydrogens (tertiary/aromatic N) is 1. The van der Waals surface area contributed by atoms with Crippen LogP contribution in [0.1, 0.15) is 58.6 Å². The highest BCUT2D eigenvalue weighted by molar-refractivity contribution is 7.22. The highest BCUT2D eigenvalue weighted by Gasteiger charge is 2.53. The number of thiazole rings is 1. The third-order valence-corrected chi connectivity index (χ3v) is 8.31. The van der Waals surface area contributed by atoms with Gasteiger partial charge in [0.05, 0.1) is 15.6 Å². The van der Waals surface area contributed by atoms with Gasteiger partial charge in [-0.25, -0.2) is 4.98 Å². The van der Waals surface area contributed by atoms with Crippen LogP contribution in [0.15, 0.2) is 60.7 Å². The number of hydrogen-bond donors (Lipinski definition) is 1. The molecule has 1 aromatic heterocycles. The number of aromatic nitrogens is 1. The van der Waals surface area contributed by atoms with E-state index in [-0.39, 0.29) is 17.7 Å². The summed E-state index contributed by atoms with van der Waals surface area (Å²) in [7, 11) is 0. The molecule has 1 amide bonds. The predicted octanol–water partition coefficient (Wildman–Crippen LogP) is 6.54. The molecule has 0 aliphatic heterocycles. The first-order valence-corrected chi connectivity index (χ1v) is 11.6. The summed E-state index contributed by atoms with van der Waals surface area (Å²) in [5.74, 6) is 0.386. The highest BCUT2D eigenvalue weighted by Crippen LogP contribution is 2.61. The lowest BCUT2D eigenvalue weighted by molar-refractivity contribution is -0.126. The van der Waals surface area contributed by atoms with Gasteiger partial charge in [-0.15, -0.1) is 0 Å². The normalized spacial score (nSPS) is 23.5. The molecule has 7 rings (SSSR count). The molecule has 0 radical (unpaired) electrons. The van der Waals surface area contributed by atoms with Crippen LogP contribution in [0.2, 0.25) is 0 Å². The van der Waals surface area contributed by atoms with Crippen molar-refractivity contribution in [3.8, 4) is 0 Å². The number of hydrogen-bond acceptors (Lipinski definition) is 3. The van der Waals surface area contributed by atoms with E-state index < -0.39 is 5.41 Å². The third-order valence-electron chi connectivity index (χ3n) is 7.37. The molecule has 1 unspecified atom stereocenters. The van der Waals surface area contributed by atoms with E-state index in [1.807, 2.05) is 0 Å². The lowest BCUT2D eigenvalue weighted by Crippen LogP contribution is -2.47. The second-order valence-electron chi connectivity index (χ2n) is 9.24. The number of fused-ring (bicyclic) bond motifs is 2. The van der Waals surface area contributed by atoms with Crippen LogP contribution in [0.4, 0.5) is 5.13 Å². The van der Waals surface area contributed by atoms with E-state index in [0.717, 1.165) is 16.6 Å². The predicted molar refractivity (Wildman–Crippen MR) is 127 cm³/mol. The number of rotatable bonds is 2. The van der Waals surface area contributed by atoms with E-state index in [0.29, 0.717) is 5.13 Å². The second kappa shape index (κ2) is 6.51. The summed E-state index contributed by atoms with van der Waals surface area (Å²) in [5, 5.41) is 3.88. The number of nitrogens with one attached hydrogen (secondary N) is 1. The van der Waals surface area contributed by atoms with Crippen molar-refractivity contribution in [2.75, 3.05) is 5.32 Å². The van der Waals surface area contributed by atoms with Crippen LogP contribution in [-0.4, -0.2) is 10.9 Å². The quantitative estimate of drug-likeness (QED) is 0.397. The molecule has 0 saturated heterocycles. The Hall–Kier alpha value is -2.98. The average Bonchev–Trinajstić information content (AvgIpc) is 3.15. The van der Waals surface area contributed by atoms with Crippen LogP contribution >= 0.6 is 11.3 Å². The van der Waals surface area contributed by atoms with Crippen molar-refractivity contribution in [2.45, 2.75) is 39.0 Å². The molecule has 0 spiro atoms. The van der Waals surface area contributed by atoms with Gasteiger partial charge < -0.3 is 5.32 Å². The fourth-order valence-electron chi connectivity index (χ4n) is 5.66. The molecular weight excluding hydrogens is 400 g/mol. The molecular formula is C27H24N2OS. The molecule has 1 N–H and O–H groups in total. The van der Waals surface area contributed by atoms with Gasteiger partial charge in [-0.05, 0) is 72.7 Å². The SMILES string of the molecule is Cc1cc2nc(NC(=O)C3(C)CC4c5ccccc5C3c3ccccc34)sc2cc1C. The molecule has 2 bridgehead atoms. The maximum Gasteiger partial charge on any atom is 0.233 e. The van der Waals surface area contributed by atoms with Gasteiger partial charge in [0.2, 0.25) is 5.91 Å². The number of aryl methyl sites for hydroxylation is 2. The van der Waals surface area contributed by atoms with Gasteiger partial charge in [0, 0.05) is 11.8 Å². The molecule has 1 atom stereocenters. The van der Waals surface area contributed by atoms with E-state index in [1.165, 1.54) is 33.4 Å². The minimum Gasteiger partial charge on any atom is -0.301 e. The summed E-state index contributed by atoms with van der Waals surface area (Å²) in [6.07, 6.45) is 0.820. The van der Waals surface area contributed by atoms with Crippen molar-refractivity contribution in [3.05, 3.63) is 94.0 Å². The summed E-state index contributed by atoms with van der Waals surface area (Å²) in [6.45, 7) is 6.34. The van der Waals surface area contributed by atoms with E-state index >= 15 is 0 Å². The Morgan fingerprint density at radius 2 is 1.55 bits per heavy atom. The maximum atomic E-state index is 13.8. The van der Waals surface area contributed by atoms with Crippen LogP contribution in [-0.2, 0) is 4.79 Å². The van der Waals surface area contributed by atoms with Gasteiger partial charge >= 0.3 is 0 Å². The number of carbonyl (C=O) groups is 1. The Balaban J connectivity index is 1.41. The van der Waals surface area contributed by atoms with Gasteiger partial charge in [-0.2, -0.15) is 0 Å². The number of benzene rings is 3. The van der Waals surface area contributed by atoms with Gasteiger partial charge in [-0.1, -0.05) is 59.9 Å². The van der Waals surface area contributed by atoms with Crippen molar-refractivity contribution in [1.29, 1.82) is 0 Å². The summed E-state index contributed by atoms with van der Waals surface area (Å²) < 4.78 is 1.12. The fourth-order valence-corrected chi connectivity index (χ4v) is 6.60. The minimum absolute atomic E-state index is 0.0590. The molecule has 3 aliphatic carbocycles. The summed E-state index contributed by atoms with van der Waals surface area (Å²) >= 11 is 1.56. The first kappa shape index (κ1) is 18.8. The summed E-state index contributed by atoms with van der Waals surface area (Å²) in [6, 6.07) is 21.6. The van der Waals surface area contributed by atoms with Crippen molar-refractivity contribution in [3.63, 3.8) is 0 Å². The summed E-state index contributed by atoms with van der Waals surface area (Å²) in [5.41, 5.74) is 8.26. The number of amides is 1. The Morgan fingerprint density at radius 3 is 2.19 bits per heavy atom. The van der Waals surface area contributed by atoms with E-state index in [2.05, 4.69) is 86.8 Å². The largest absolute Gasteiger partial charge is 0.301 e.